The van der Waals surface area contributed by atoms with Gasteiger partial charge >= 0.3 is 0 Å². The first-order chi connectivity index (χ1) is 9.66. The van der Waals surface area contributed by atoms with Gasteiger partial charge in [0.25, 0.3) is 0 Å². The van der Waals surface area contributed by atoms with Crippen LogP contribution in [0.5, 0.6) is 0 Å². The Labute approximate surface area is 130 Å². The van der Waals surface area contributed by atoms with Gasteiger partial charge in [-0.05, 0) is 48.6 Å². The third-order valence-electron chi connectivity index (χ3n) is 3.69. The van der Waals surface area contributed by atoms with Gasteiger partial charge in [-0.25, -0.2) is 0 Å². The molecule has 106 valence electrons. The molecule has 0 heterocycles. The number of aryl methyl sites for hydroxylation is 1. The molecule has 0 aliphatic carbocycles. The van der Waals surface area contributed by atoms with Crippen LogP contribution in [0, 0.1) is 6.92 Å². The number of hydrogen-bond donors (Lipinski definition) is 1. The van der Waals surface area contributed by atoms with Gasteiger partial charge in [-0.3, -0.25) is 0 Å². The van der Waals surface area contributed by atoms with Crippen LogP contribution >= 0.6 is 15.9 Å². The second-order valence-corrected chi connectivity index (χ2v) is 6.22. The number of benzene rings is 2. The van der Waals surface area contributed by atoms with Gasteiger partial charge in [0, 0.05) is 11.0 Å². The van der Waals surface area contributed by atoms with Crippen LogP contribution in [0.4, 0.5) is 0 Å². The fourth-order valence-corrected chi connectivity index (χ4v) is 2.67. The Hall–Kier alpha value is -1.12. The van der Waals surface area contributed by atoms with Gasteiger partial charge in [0.1, 0.15) is 0 Å². The Bertz CT molecular complexity index is 536. The summed E-state index contributed by atoms with van der Waals surface area (Å²) in [5, 5.41) is 3.53. The van der Waals surface area contributed by atoms with Crippen molar-refractivity contribution in [3.05, 3.63) is 69.7 Å². The lowest BCUT2D eigenvalue weighted by atomic mass is 9.98. The van der Waals surface area contributed by atoms with Crippen molar-refractivity contribution in [1.82, 2.24) is 5.32 Å². The third kappa shape index (κ3) is 4.46. The molecule has 1 nitrogen and oxygen atoms in total. The molecule has 0 bridgehead atoms. The van der Waals surface area contributed by atoms with E-state index in [2.05, 4.69) is 83.6 Å². The lowest BCUT2D eigenvalue weighted by molar-refractivity contribution is 0.594. The van der Waals surface area contributed by atoms with Gasteiger partial charge < -0.3 is 5.32 Å². The quantitative estimate of drug-likeness (QED) is 0.731. The maximum atomic E-state index is 3.58. The standard InChI is InChI=1S/C18H22BrN/c1-14(17-6-4-3-5-7-17)10-11-20-13-16-9-8-15(2)18(19)12-16/h3-9,12,14,20H,10-11,13H2,1-2H3. The molecule has 20 heavy (non-hydrogen) atoms. The van der Waals surface area contributed by atoms with Crippen molar-refractivity contribution in [3.63, 3.8) is 0 Å². The van der Waals surface area contributed by atoms with Crippen molar-refractivity contribution in [2.24, 2.45) is 0 Å². The van der Waals surface area contributed by atoms with Crippen LogP contribution in [0.2, 0.25) is 0 Å². The number of halogens is 1. The van der Waals surface area contributed by atoms with Crippen LogP contribution in [-0.4, -0.2) is 6.54 Å². The van der Waals surface area contributed by atoms with Gasteiger partial charge in [0.15, 0.2) is 0 Å². The highest BCUT2D eigenvalue weighted by atomic mass is 79.9. The Kier molecular flexibility index (Phi) is 5.81. The molecule has 0 radical (unpaired) electrons. The lowest BCUT2D eigenvalue weighted by Gasteiger charge is -2.12. The number of rotatable bonds is 6. The van der Waals surface area contributed by atoms with Crippen LogP contribution < -0.4 is 5.32 Å². The minimum absolute atomic E-state index is 0.605. The van der Waals surface area contributed by atoms with Crippen LogP contribution in [-0.2, 0) is 6.54 Å². The zero-order valence-electron chi connectivity index (χ0n) is 12.2. The maximum Gasteiger partial charge on any atom is 0.0207 e. The summed E-state index contributed by atoms with van der Waals surface area (Å²) in [6.07, 6.45) is 1.16. The molecule has 0 aromatic heterocycles. The zero-order chi connectivity index (χ0) is 14.4. The molecule has 0 amide bonds. The predicted molar refractivity (Wildman–Crippen MR) is 90.1 cm³/mol. The van der Waals surface area contributed by atoms with Gasteiger partial charge in [-0.1, -0.05) is 65.3 Å². The molecule has 2 aromatic rings. The largest absolute Gasteiger partial charge is 0.313 e. The van der Waals surface area contributed by atoms with E-state index in [0.717, 1.165) is 19.5 Å². The highest BCUT2D eigenvalue weighted by molar-refractivity contribution is 9.10. The smallest absolute Gasteiger partial charge is 0.0207 e. The first-order valence-electron chi connectivity index (χ1n) is 7.17. The van der Waals surface area contributed by atoms with E-state index in [9.17, 15) is 0 Å². The molecule has 1 atom stereocenters. The zero-order valence-corrected chi connectivity index (χ0v) is 13.8. The van der Waals surface area contributed by atoms with Crippen molar-refractivity contribution >= 4 is 15.9 Å². The van der Waals surface area contributed by atoms with Gasteiger partial charge in [-0.2, -0.15) is 0 Å². The fraction of sp³-hybridized carbons (Fsp3) is 0.333. The van der Waals surface area contributed by atoms with E-state index in [1.165, 1.54) is 21.2 Å². The Morgan fingerprint density at radius 2 is 1.85 bits per heavy atom. The van der Waals surface area contributed by atoms with Gasteiger partial charge in [0.2, 0.25) is 0 Å². The minimum Gasteiger partial charge on any atom is -0.313 e. The van der Waals surface area contributed by atoms with Crippen LogP contribution in [0.25, 0.3) is 0 Å². The van der Waals surface area contributed by atoms with Gasteiger partial charge in [-0.15, -0.1) is 0 Å². The summed E-state index contributed by atoms with van der Waals surface area (Å²) in [6.45, 7) is 6.38. The topological polar surface area (TPSA) is 12.0 Å². The van der Waals surface area contributed by atoms with E-state index >= 15 is 0 Å². The van der Waals surface area contributed by atoms with E-state index < -0.39 is 0 Å². The van der Waals surface area contributed by atoms with Crippen molar-refractivity contribution in [2.75, 3.05) is 6.54 Å². The molecule has 1 unspecified atom stereocenters. The molecule has 0 saturated carbocycles. The van der Waals surface area contributed by atoms with Crippen LogP contribution in [0.3, 0.4) is 0 Å². The number of hydrogen-bond acceptors (Lipinski definition) is 1. The maximum absolute atomic E-state index is 3.58. The third-order valence-corrected chi connectivity index (χ3v) is 4.54. The van der Waals surface area contributed by atoms with E-state index in [1.54, 1.807) is 0 Å². The second kappa shape index (κ2) is 7.61. The summed E-state index contributed by atoms with van der Waals surface area (Å²) in [7, 11) is 0. The summed E-state index contributed by atoms with van der Waals surface area (Å²) in [5.41, 5.74) is 4.04. The highest BCUT2D eigenvalue weighted by Crippen LogP contribution is 2.19. The Balaban J connectivity index is 1.75. The van der Waals surface area contributed by atoms with E-state index in [1.807, 2.05) is 0 Å². The molecule has 0 fully saturated rings. The van der Waals surface area contributed by atoms with Crippen LogP contribution in [0.15, 0.2) is 53.0 Å². The molecule has 2 rings (SSSR count). The van der Waals surface area contributed by atoms with E-state index in [4.69, 9.17) is 0 Å². The van der Waals surface area contributed by atoms with Gasteiger partial charge in [0.05, 0.1) is 0 Å². The van der Waals surface area contributed by atoms with Crippen LogP contribution in [0.1, 0.15) is 36.0 Å². The lowest BCUT2D eigenvalue weighted by Crippen LogP contribution is -2.16. The van der Waals surface area contributed by atoms with E-state index in [0.29, 0.717) is 5.92 Å². The average molecular weight is 332 g/mol. The molecular formula is C18H22BrN. The Morgan fingerprint density at radius 3 is 2.55 bits per heavy atom. The normalized spacial score (nSPS) is 12.3. The Morgan fingerprint density at radius 1 is 1.10 bits per heavy atom. The molecule has 0 aliphatic rings. The van der Waals surface area contributed by atoms with E-state index in [-0.39, 0.29) is 0 Å². The fourth-order valence-electron chi connectivity index (χ4n) is 2.25. The molecule has 2 heteroatoms. The molecular weight excluding hydrogens is 310 g/mol. The summed E-state index contributed by atoms with van der Waals surface area (Å²) >= 11 is 3.58. The van der Waals surface area contributed by atoms with Crippen molar-refractivity contribution in [1.29, 1.82) is 0 Å². The summed E-state index contributed by atoms with van der Waals surface area (Å²) in [5.74, 6) is 0.605. The first-order valence-corrected chi connectivity index (χ1v) is 7.97. The molecule has 0 aliphatic heterocycles. The van der Waals surface area contributed by atoms with Crippen molar-refractivity contribution in [2.45, 2.75) is 32.7 Å². The highest BCUT2D eigenvalue weighted by Gasteiger charge is 2.04. The van der Waals surface area contributed by atoms with Crippen molar-refractivity contribution < 1.29 is 0 Å². The second-order valence-electron chi connectivity index (χ2n) is 5.36. The number of nitrogens with one attached hydrogen (secondary N) is 1. The SMILES string of the molecule is Cc1ccc(CNCCC(C)c2ccccc2)cc1Br. The molecule has 0 spiro atoms. The minimum atomic E-state index is 0.605. The predicted octanol–water partition coefficient (Wildman–Crippen LogP) is 5.04. The molecule has 2 aromatic carbocycles. The first kappa shape index (κ1) is 15.3. The summed E-state index contributed by atoms with van der Waals surface area (Å²) in [6, 6.07) is 17.3. The monoisotopic (exact) mass is 331 g/mol. The average Bonchev–Trinajstić information content (AvgIpc) is 2.48. The molecule has 1 N–H and O–H groups in total. The summed E-state index contributed by atoms with van der Waals surface area (Å²) < 4.78 is 1.19. The summed E-state index contributed by atoms with van der Waals surface area (Å²) in [4.78, 5) is 0. The van der Waals surface area contributed by atoms with Crippen molar-refractivity contribution in [3.8, 4) is 0 Å². The molecule has 0 saturated heterocycles.